The topological polar surface area (TPSA) is 63.6 Å². The van der Waals surface area contributed by atoms with Crippen LogP contribution < -0.4 is 5.56 Å². The van der Waals surface area contributed by atoms with Gasteiger partial charge in [-0.05, 0) is 24.6 Å². The summed E-state index contributed by atoms with van der Waals surface area (Å²) in [5.41, 5.74) is 3.30. The molecule has 0 saturated heterocycles. The number of pyridine rings is 1. The van der Waals surface area contributed by atoms with Gasteiger partial charge in [0.25, 0.3) is 0 Å². The third-order valence-electron chi connectivity index (χ3n) is 2.65. The van der Waals surface area contributed by atoms with Crippen LogP contribution in [0.3, 0.4) is 0 Å². The number of rotatable bonds is 0. The van der Waals surface area contributed by atoms with Crippen molar-refractivity contribution in [2.24, 2.45) is 7.05 Å². The Morgan fingerprint density at radius 3 is 2.94 bits per heavy atom. The molecule has 0 spiro atoms. The van der Waals surface area contributed by atoms with Crippen molar-refractivity contribution in [2.75, 3.05) is 0 Å². The van der Waals surface area contributed by atoms with Gasteiger partial charge in [0.1, 0.15) is 11.0 Å². The first-order valence-corrected chi connectivity index (χ1v) is 4.99. The fourth-order valence-corrected chi connectivity index (χ4v) is 2.03. The SMILES string of the molecule is Cc1cc(=O)[nH]c2ccc3nn(C)nc3c12. The van der Waals surface area contributed by atoms with Gasteiger partial charge in [0, 0.05) is 18.5 Å². The fourth-order valence-electron chi connectivity index (χ4n) is 2.03. The molecule has 0 unspecified atom stereocenters. The zero-order valence-corrected chi connectivity index (χ0v) is 8.98. The van der Waals surface area contributed by atoms with E-state index in [1.807, 2.05) is 19.1 Å². The van der Waals surface area contributed by atoms with E-state index in [0.717, 1.165) is 27.5 Å². The summed E-state index contributed by atoms with van der Waals surface area (Å²) < 4.78 is 0. The first-order chi connectivity index (χ1) is 7.65. The lowest BCUT2D eigenvalue weighted by Gasteiger charge is -2.00. The summed E-state index contributed by atoms with van der Waals surface area (Å²) in [7, 11) is 1.78. The molecule has 2 heterocycles. The Bertz CT molecular complexity index is 754. The molecule has 0 bridgehead atoms. The summed E-state index contributed by atoms with van der Waals surface area (Å²) in [5, 5.41) is 9.52. The summed E-state index contributed by atoms with van der Waals surface area (Å²) in [4.78, 5) is 15.7. The smallest absolute Gasteiger partial charge is 0.248 e. The van der Waals surface area contributed by atoms with Gasteiger partial charge >= 0.3 is 0 Å². The Kier molecular flexibility index (Phi) is 1.65. The Hall–Kier alpha value is -2.17. The third-order valence-corrected chi connectivity index (χ3v) is 2.65. The number of hydrogen-bond donors (Lipinski definition) is 1. The number of nitrogens with zero attached hydrogens (tertiary/aromatic N) is 3. The molecule has 16 heavy (non-hydrogen) atoms. The van der Waals surface area contributed by atoms with Gasteiger partial charge in [-0.3, -0.25) is 4.79 Å². The average Bonchev–Trinajstić information content (AvgIpc) is 2.56. The van der Waals surface area contributed by atoms with Gasteiger partial charge in [0.15, 0.2) is 0 Å². The van der Waals surface area contributed by atoms with E-state index in [-0.39, 0.29) is 5.56 Å². The van der Waals surface area contributed by atoms with Crippen LogP contribution in [0.1, 0.15) is 5.56 Å². The van der Waals surface area contributed by atoms with Crippen LogP contribution in [0.5, 0.6) is 0 Å². The monoisotopic (exact) mass is 214 g/mol. The molecular weight excluding hydrogens is 204 g/mol. The third kappa shape index (κ3) is 1.14. The van der Waals surface area contributed by atoms with Crippen LogP contribution in [0, 0.1) is 6.92 Å². The van der Waals surface area contributed by atoms with E-state index < -0.39 is 0 Å². The number of benzene rings is 1. The predicted octanol–water partition coefficient (Wildman–Crippen LogP) is 1.12. The van der Waals surface area contributed by atoms with Gasteiger partial charge in [-0.1, -0.05) is 0 Å². The molecule has 3 aromatic rings. The fraction of sp³-hybridized carbons (Fsp3) is 0.182. The van der Waals surface area contributed by atoms with Crippen molar-refractivity contribution in [1.82, 2.24) is 20.0 Å². The first kappa shape index (κ1) is 9.08. The van der Waals surface area contributed by atoms with Crippen molar-refractivity contribution in [1.29, 1.82) is 0 Å². The van der Waals surface area contributed by atoms with Crippen LogP contribution in [0.4, 0.5) is 0 Å². The highest BCUT2D eigenvalue weighted by Crippen LogP contribution is 2.22. The van der Waals surface area contributed by atoms with Gasteiger partial charge in [-0.15, -0.1) is 0 Å². The molecule has 5 nitrogen and oxygen atoms in total. The molecule has 2 aromatic heterocycles. The standard InChI is InChI=1S/C11H10N4O/c1-6-5-9(16)12-7-3-4-8-11(10(6)7)14-15(2)13-8/h3-5H,1-2H3,(H,12,16). The number of H-pyrrole nitrogens is 1. The van der Waals surface area contributed by atoms with Gasteiger partial charge < -0.3 is 4.98 Å². The molecule has 0 amide bonds. The largest absolute Gasteiger partial charge is 0.322 e. The van der Waals surface area contributed by atoms with Crippen LogP contribution in [-0.4, -0.2) is 20.0 Å². The van der Waals surface area contributed by atoms with E-state index in [1.165, 1.54) is 4.80 Å². The first-order valence-electron chi connectivity index (χ1n) is 4.99. The van der Waals surface area contributed by atoms with Crippen LogP contribution in [0.15, 0.2) is 23.0 Å². The van der Waals surface area contributed by atoms with Crippen molar-refractivity contribution < 1.29 is 0 Å². The molecule has 1 aromatic carbocycles. The second-order valence-corrected chi connectivity index (χ2v) is 3.86. The maximum absolute atomic E-state index is 11.3. The summed E-state index contributed by atoms with van der Waals surface area (Å²) in [6.07, 6.45) is 0. The average molecular weight is 214 g/mol. The zero-order valence-electron chi connectivity index (χ0n) is 8.98. The minimum absolute atomic E-state index is 0.0896. The predicted molar refractivity (Wildman–Crippen MR) is 61.4 cm³/mol. The summed E-state index contributed by atoms with van der Waals surface area (Å²) in [5.74, 6) is 0. The molecule has 0 fully saturated rings. The Labute approximate surface area is 90.7 Å². The Morgan fingerprint density at radius 1 is 1.31 bits per heavy atom. The molecule has 0 saturated carbocycles. The molecule has 0 aliphatic rings. The van der Waals surface area contributed by atoms with Gasteiger partial charge in [-0.2, -0.15) is 15.0 Å². The van der Waals surface area contributed by atoms with Crippen molar-refractivity contribution in [2.45, 2.75) is 6.92 Å². The Balaban J connectivity index is 2.64. The van der Waals surface area contributed by atoms with Gasteiger partial charge in [-0.25, -0.2) is 0 Å². The maximum atomic E-state index is 11.3. The number of hydrogen-bond acceptors (Lipinski definition) is 3. The van der Waals surface area contributed by atoms with Crippen LogP contribution >= 0.6 is 0 Å². The highest BCUT2D eigenvalue weighted by Gasteiger charge is 2.08. The normalized spacial score (nSPS) is 11.4. The molecule has 1 N–H and O–H groups in total. The van der Waals surface area contributed by atoms with Gasteiger partial charge in [0.05, 0.1) is 5.52 Å². The van der Waals surface area contributed by atoms with Crippen molar-refractivity contribution in [3.05, 3.63) is 34.1 Å². The van der Waals surface area contributed by atoms with Crippen LogP contribution in [0.25, 0.3) is 21.9 Å². The van der Waals surface area contributed by atoms with Crippen molar-refractivity contribution >= 4 is 21.9 Å². The Morgan fingerprint density at radius 2 is 2.12 bits per heavy atom. The van der Waals surface area contributed by atoms with E-state index >= 15 is 0 Å². The second kappa shape index (κ2) is 2.91. The van der Waals surface area contributed by atoms with E-state index in [9.17, 15) is 4.79 Å². The van der Waals surface area contributed by atoms with E-state index in [0.29, 0.717) is 0 Å². The number of nitrogens with one attached hydrogen (secondary N) is 1. The quantitative estimate of drug-likeness (QED) is 0.610. The van der Waals surface area contributed by atoms with E-state index in [1.54, 1.807) is 13.1 Å². The molecule has 80 valence electrons. The number of aromatic amines is 1. The van der Waals surface area contributed by atoms with E-state index in [4.69, 9.17) is 0 Å². The number of aryl methyl sites for hydroxylation is 2. The highest BCUT2D eigenvalue weighted by molar-refractivity contribution is 6.03. The molecule has 5 heteroatoms. The molecular formula is C11H10N4O. The number of aromatic nitrogens is 4. The molecule has 3 rings (SSSR count). The lowest BCUT2D eigenvalue weighted by atomic mass is 10.1. The van der Waals surface area contributed by atoms with Crippen molar-refractivity contribution in [3.8, 4) is 0 Å². The van der Waals surface area contributed by atoms with Crippen LogP contribution in [-0.2, 0) is 7.05 Å². The molecule has 0 radical (unpaired) electrons. The lowest BCUT2D eigenvalue weighted by Crippen LogP contribution is -2.04. The maximum Gasteiger partial charge on any atom is 0.248 e. The molecule has 0 aliphatic heterocycles. The lowest BCUT2D eigenvalue weighted by molar-refractivity contribution is 0.665. The zero-order chi connectivity index (χ0) is 11.3. The minimum atomic E-state index is -0.0896. The molecule has 0 aliphatic carbocycles. The summed E-state index contributed by atoms with van der Waals surface area (Å²) in [6, 6.07) is 5.30. The van der Waals surface area contributed by atoms with E-state index in [2.05, 4.69) is 15.2 Å². The highest BCUT2D eigenvalue weighted by atomic mass is 16.1. The minimum Gasteiger partial charge on any atom is -0.322 e. The van der Waals surface area contributed by atoms with Crippen molar-refractivity contribution in [3.63, 3.8) is 0 Å². The number of fused-ring (bicyclic) bond motifs is 3. The summed E-state index contributed by atoms with van der Waals surface area (Å²) in [6.45, 7) is 1.91. The second-order valence-electron chi connectivity index (χ2n) is 3.86. The molecule has 0 atom stereocenters. The summed E-state index contributed by atoms with van der Waals surface area (Å²) >= 11 is 0. The van der Waals surface area contributed by atoms with Gasteiger partial charge in [0.2, 0.25) is 5.56 Å². The van der Waals surface area contributed by atoms with Crippen LogP contribution in [0.2, 0.25) is 0 Å².